The summed E-state index contributed by atoms with van der Waals surface area (Å²) in [4.78, 5) is 29.5. The Morgan fingerprint density at radius 2 is 1.62 bits per heavy atom. The van der Waals surface area contributed by atoms with Crippen LogP contribution < -0.4 is 9.80 Å². The monoisotopic (exact) mass is 483 g/mol. The van der Waals surface area contributed by atoms with Gasteiger partial charge >= 0.3 is 0 Å². The molecule has 0 bridgehead atoms. The Morgan fingerprint density at radius 3 is 2.34 bits per heavy atom. The molecule has 2 fully saturated rings. The predicted molar refractivity (Wildman–Crippen MR) is 131 cm³/mol. The highest BCUT2D eigenvalue weighted by Gasteiger charge is 2.59. The van der Waals surface area contributed by atoms with Gasteiger partial charge in [0.15, 0.2) is 5.76 Å². The Morgan fingerprint density at radius 1 is 0.969 bits per heavy atom. The Hall–Kier alpha value is -2.68. The van der Waals surface area contributed by atoms with Crippen LogP contribution in [0.5, 0.6) is 0 Å². The predicted octanol–water partition coefficient (Wildman–Crippen LogP) is 5.28. The molecule has 5 rings (SSSR count). The molecule has 1 aromatic heterocycles. The van der Waals surface area contributed by atoms with Gasteiger partial charge in [0, 0.05) is 10.7 Å². The van der Waals surface area contributed by atoms with Crippen LogP contribution in [0.4, 0.5) is 11.4 Å². The summed E-state index contributed by atoms with van der Waals surface area (Å²) in [5.74, 6) is 0.820. The van der Waals surface area contributed by atoms with Crippen molar-refractivity contribution in [1.82, 2.24) is 5.16 Å². The molecule has 2 aromatic carbocycles. The van der Waals surface area contributed by atoms with E-state index in [1.165, 1.54) is 23.5 Å². The van der Waals surface area contributed by atoms with Crippen molar-refractivity contribution in [2.24, 2.45) is 0 Å². The number of aryl methyl sites for hydroxylation is 1. The Bertz CT molecular complexity index is 1230. The molecule has 2 aliphatic heterocycles. The van der Waals surface area contributed by atoms with Gasteiger partial charge in [-0.3, -0.25) is 19.4 Å². The van der Waals surface area contributed by atoms with E-state index in [0.29, 0.717) is 22.2 Å². The van der Waals surface area contributed by atoms with Crippen molar-refractivity contribution in [3.63, 3.8) is 0 Å². The first-order valence-corrected chi connectivity index (χ1v) is 12.2. The van der Waals surface area contributed by atoms with Gasteiger partial charge in [0.2, 0.25) is 16.1 Å². The minimum Gasteiger partial charge on any atom is -0.354 e. The molecule has 1 spiro atoms. The lowest BCUT2D eigenvalue weighted by Crippen LogP contribution is -2.53. The zero-order valence-corrected chi connectivity index (χ0v) is 19.4. The number of aromatic nitrogens is 1. The van der Waals surface area contributed by atoms with Crippen LogP contribution in [-0.4, -0.2) is 32.8 Å². The molecule has 9 heteroatoms. The Balaban J connectivity index is 1.60. The molecule has 0 N–H and O–H groups in total. The van der Waals surface area contributed by atoms with Gasteiger partial charge in [0.1, 0.15) is 11.4 Å². The summed E-state index contributed by atoms with van der Waals surface area (Å²) in [6.45, 7) is 1.80. The number of hydrogen-bond donors (Lipinski definition) is 0. The van der Waals surface area contributed by atoms with Gasteiger partial charge in [0.25, 0.3) is 0 Å². The highest BCUT2D eigenvalue weighted by Crippen LogP contribution is 2.56. The van der Waals surface area contributed by atoms with Crippen LogP contribution in [0.3, 0.4) is 0 Å². The maximum Gasteiger partial charge on any atom is 0.240 e. The molecule has 2 aliphatic rings. The lowest BCUT2D eigenvalue weighted by Gasteiger charge is -2.39. The molecule has 32 heavy (non-hydrogen) atoms. The van der Waals surface area contributed by atoms with E-state index in [2.05, 4.69) is 5.16 Å². The summed E-state index contributed by atoms with van der Waals surface area (Å²) in [7, 11) is 0. The summed E-state index contributed by atoms with van der Waals surface area (Å²) in [5, 5.41) is 4.74. The number of rotatable bonds is 4. The van der Waals surface area contributed by atoms with Gasteiger partial charge in [-0.05, 0) is 42.8 Å². The van der Waals surface area contributed by atoms with E-state index in [4.69, 9.17) is 16.1 Å². The van der Waals surface area contributed by atoms with Gasteiger partial charge in [-0.15, -0.1) is 0 Å². The second-order valence-electron chi connectivity index (χ2n) is 7.26. The van der Waals surface area contributed by atoms with Crippen LogP contribution in [0, 0.1) is 6.92 Å². The van der Waals surface area contributed by atoms with Crippen LogP contribution in [0.15, 0.2) is 59.1 Å². The summed E-state index contributed by atoms with van der Waals surface area (Å²) in [6, 6.07) is 16.9. The average Bonchev–Trinajstić information content (AvgIpc) is 3.43. The third-order valence-corrected chi connectivity index (χ3v) is 8.56. The van der Waals surface area contributed by atoms with E-state index < -0.39 is 4.33 Å². The standard InChI is InChI=1S/C23H18ClN3O3S2/c1-15-22(19(30-25-15)12-11-16-7-5-6-10-18(16)24)27-21(29)14-32-23(27)26(20(28)13-31-23)17-8-3-2-4-9-17/h2-12H,13-14H2,1H3/b12-11+. The number of halogens is 1. The zero-order valence-electron chi connectivity index (χ0n) is 17.0. The molecule has 3 heterocycles. The summed E-state index contributed by atoms with van der Waals surface area (Å²) < 4.78 is 4.66. The zero-order chi connectivity index (χ0) is 22.3. The summed E-state index contributed by atoms with van der Waals surface area (Å²) in [6.07, 6.45) is 3.59. The minimum atomic E-state index is -0.932. The second-order valence-corrected chi connectivity index (χ2v) is 10.2. The molecule has 3 aromatic rings. The summed E-state index contributed by atoms with van der Waals surface area (Å²) in [5.41, 5.74) is 2.71. The van der Waals surface area contributed by atoms with Crippen molar-refractivity contribution in [1.29, 1.82) is 0 Å². The van der Waals surface area contributed by atoms with Crippen LogP contribution in [0.1, 0.15) is 17.0 Å². The normalized spacial score (nSPS) is 20.9. The highest BCUT2D eigenvalue weighted by molar-refractivity contribution is 8.20. The van der Waals surface area contributed by atoms with Crippen molar-refractivity contribution in [2.75, 3.05) is 21.3 Å². The number of amides is 2. The van der Waals surface area contributed by atoms with E-state index in [1.54, 1.807) is 22.8 Å². The summed E-state index contributed by atoms with van der Waals surface area (Å²) >= 11 is 9.15. The molecule has 0 radical (unpaired) electrons. The lowest BCUT2D eigenvalue weighted by molar-refractivity contribution is -0.116. The van der Waals surface area contributed by atoms with Gasteiger partial charge in [0.05, 0.1) is 11.5 Å². The Kier molecular flexibility index (Phi) is 5.53. The number of anilines is 2. The number of thioether (sulfide) groups is 2. The number of para-hydroxylation sites is 1. The first kappa shape index (κ1) is 21.2. The van der Waals surface area contributed by atoms with Crippen molar-refractivity contribution >= 4 is 70.5 Å². The third-order valence-electron chi connectivity index (χ3n) is 5.25. The van der Waals surface area contributed by atoms with Gasteiger partial charge in [-0.2, -0.15) is 0 Å². The average molecular weight is 484 g/mol. The minimum absolute atomic E-state index is 0.0457. The smallest absolute Gasteiger partial charge is 0.240 e. The third kappa shape index (κ3) is 3.43. The van der Waals surface area contributed by atoms with E-state index in [9.17, 15) is 9.59 Å². The van der Waals surface area contributed by atoms with Crippen molar-refractivity contribution in [2.45, 2.75) is 11.3 Å². The lowest BCUT2D eigenvalue weighted by atomic mass is 10.2. The number of carbonyl (C=O) groups is 2. The van der Waals surface area contributed by atoms with Crippen LogP contribution in [0.25, 0.3) is 12.2 Å². The van der Waals surface area contributed by atoms with Gasteiger partial charge < -0.3 is 4.52 Å². The van der Waals surface area contributed by atoms with Crippen molar-refractivity contribution < 1.29 is 14.1 Å². The second kappa shape index (κ2) is 8.35. The van der Waals surface area contributed by atoms with Gasteiger partial charge in [-0.1, -0.05) is 76.7 Å². The quantitative estimate of drug-likeness (QED) is 0.503. The molecular formula is C23H18ClN3O3S2. The SMILES string of the molecule is Cc1noc(/C=C/c2ccccc2Cl)c1N1C(=O)CSC12SCC(=O)N2c1ccccc1. The first-order chi connectivity index (χ1) is 15.5. The van der Waals surface area contributed by atoms with Crippen LogP contribution in [-0.2, 0) is 9.59 Å². The fraction of sp³-hybridized carbons (Fsp3) is 0.174. The molecule has 1 atom stereocenters. The fourth-order valence-electron chi connectivity index (χ4n) is 3.85. The maximum atomic E-state index is 13.2. The highest BCUT2D eigenvalue weighted by atomic mass is 35.5. The number of carbonyl (C=O) groups excluding carboxylic acids is 2. The number of benzene rings is 2. The number of hydrogen-bond acceptors (Lipinski definition) is 6. The fourth-order valence-corrected chi connectivity index (χ4v) is 6.93. The van der Waals surface area contributed by atoms with Crippen molar-refractivity contribution in [3.05, 3.63) is 76.6 Å². The van der Waals surface area contributed by atoms with Crippen LogP contribution in [0.2, 0.25) is 5.02 Å². The van der Waals surface area contributed by atoms with E-state index in [-0.39, 0.29) is 23.3 Å². The molecule has 0 aliphatic carbocycles. The van der Waals surface area contributed by atoms with Crippen LogP contribution >= 0.6 is 35.1 Å². The van der Waals surface area contributed by atoms with E-state index in [1.807, 2.05) is 60.7 Å². The molecule has 2 amide bonds. The van der Waals surface area contributed by atoms with E-state index >= 15 is 0 Å². The molecule has 1 unspecified atom stereocenters. The molecule has 162 valence electrons. The van der Waals surface area contributed by atoms with E-state index in [0.717, 1.165) is 11.3 Å². The first-order valence-electron chi connectivity index (χ1n) is 9.89. The molecular weight excluding hydrogens is 466 g/mol. The van der Waals surface area contributed by atoms with Crippen molar-refractivity contribution in [3.8, 4) is 0 Å². The maximum absolute atomic E-state index is 13.2. The molecule has 6 nitrogen and oxygen atoms in total. The number of nitrogens with zero attached hydrogens (tertiary/aromatic N) is 3. The topological polar surface area (TPSA) is 66.7 Å². The molecule has 0 saturated carbocycles. The molecule has 2 saturated heterocycles. The Labute approximate surface area is 198 Å². The largest absolute Gasteiger partial charge is 0.354 e. The van der Waals surface area contributed by atoms with Gasteiger partial charge in [-0.25, -0.2) is 0 Å².